The number of fused-ring (bicyclic) bond motifs is 1. The molecule has 5 amide bonds. The molecule has 1 aromatic rings. The van der Waals surface area contributed by atoms with Crippen LogP contribution in [0.15, 0.2) is 30.3 Å². The summed E-state index contributed by atoms with van der Waals surface area (Å²) in [6.45, 7) is 13.6. The van der Waals surface area contributed by atoms with Gasteiger partial charge in [0.15, 0.2) is 5.78 Å². The minimum absolute atomic E-state index is 0.0805. The molecule has 11 nitrogen and oxygen atoms in total. The van der Waals surface area contributed by atoms with Crippen molar-refractivity contribution in [1.82, 2.24) is 26.2 Å². The molecule has 0 aromatic heterocycles. The normalized spacial score (nSPS) is 23.7. The summed E-state index contributed by atoms with van der Waals surface area (Å²) in [5.41, 5.74) is -0.444. The molecule has 0 radical (unpaired) electrons. The molecule has 1 unspecified atom stereocenters. The molecular formula is C34H49N5O6. The fourth-order valence-electron chi connectivity index (χ4n) is 6.72. The smallest absolute Gasteiger partial charge is 0.316 e. The zero-order valence-electron chi connectivity index (χ0n) is 27.7. The van der Waals surface area contributed by atoms with E-state index in [-0.39, 0.29) is 34.9 Å². The van der Waals surface area contributed by atoms with Gasteiger partial charge in [0, 0.05) is 19.2 Å². The summed E-state index contributed by atoms with van der Waals surface area (Å²) in [4.78, 5) is 81.4. The predicted octanol–water partition coefficient (Wildman–Crippen LogP) is 2.69. The molecule has 1 saturated heterocycles. The second-order valence-electron chi connectivity index (χ2n) is 14.9. The number of amides is 5. The molecule has 3 fully saturated rings. The van der Waals surface area contributed by atoms with Gasteiger partial charge in [0.2, 0.25) is 17.6 Å². The molecule has 11 heteroatoms. The number of likely N-dealkylation sites (tertiary alicyclic amines) is 1. The Morgan fingerprint density at radius 1 is 0.956 bits per heavy atom. The number of carbonyl (C=O) groups excluding carboxylic acids is 6. The van der Waals surface area contributed by atoms with Crippen molar-refractivity contribution in [1.29, 1.82) is 0 Å². The number of piperidine rings is 1. The van der Waals surface area contributed by atoms with Gasteiger partial charge in [-0.2, -0.15) is 0 Å². The van der Waals surface area contributed by atoms with Crippen LogP contribution in [-0.2, 0) is 19.2 Å². The highest BCUT2D eigenvalue weighted by molar-refractivity contribution is 6.38. The zero-order chi connectivity index (χ0) is 33.4. The zero-order valence-corrected chi connectivity index (χ0v) is 27.7. The summed E-state index contributed by atoms with van der Waals surface area (Å²) >= 11 is 0. The van der Waals surface area contributed by atoms with Crippen molar-refractivity contribution >= 4 is 35.3 Å². The third-order valence-corrected chi connectivity index (χ3v) is 9.79. The van der Waals surface area contributed by atoms with Crippen LogP contribution in [-0.4, -0.2) is 78.0 Å². The number of benzene rings is 1. The molecule has 1 aromatic carbocycles. The van der Waals surface area contributed by atoms with E-state index < -0.39 is 59.1 Å². The fraction of sp³-hybridized carbons (Fsp3) is 0.647. The van der Waals surface area contributed by atoms with Crippen LogP contribution in [0.5, 0.6) is 0 Å². The molecular weight excluding hydrogens is 574 g/mol. The van der Waals surface area contributed by atoms with Crippen molar-refractivity contribution < 1.29 is 28.8 Å². The predicted molar refractivity (Wildman–Crippen MR) is 169 cm³/mol. The van der Waals surface area contributed by atoms with Gasteiger partial charge in [-0.15, -0.1) is 0 Å². The lowest BCUT2D eigenvalue weighted by Crippen LogP contribution is -2.62. The number of hydrogen-bond donors (Lipinski definition) is 4. The Labute approximate surface area is 266 Å². The summed E-state index contributed by atoms with van der Waals surface area (Å²) in [7, 11) is 1.38. The highest BCUT2D eigenvalue weighted by Crippen LogP contribution is 2.65. The second kappa shape index (κ2) is 12.9. The number of likely N-dealkylation sites (N-methyl/N-ethyl adjacent to an activating group) is 1. The van der Waals surface area contributed by atoms with Crippen LogP contribution < -0.4 is 21.3 Å². The average molecular weight is 624 g/mol. The molecule has 4 rings (SSSR count). The molecule has 4 N–H and O–H groups in total. The molecule has 246 valence electrons. The third-order valence-electron chi connectivity index (χ3n) is 9.79. The summed E-state index contributed by atoms with van der Waals surface area (Å²) in [6, 6.07) is 4.42. The number of rotatable bonds is 12. The van der Waals surface area contributed by atoms with Crippen LogP contribution in [0.2, 0.25) is 0 Å². The van der Waals surface area contributed by atoms with Crippen LogP contribution >= 0.6 is 0 Å². The summed E-state index contributed by atoms with van der Waals surface area (Å²) in [5, 5.41) is 10.8. The minimum atomic E-state index is -1.01. The molecule has 0 bridgehead atoms. The van der Waals surface area contributed by atoms with E-state index in [2.05, 4.69) is 35.1 Å². The Balaban J connectivity index is 1.53. The Morgan fingerprint density at radius 2 is 1.58 bits per heavy atom. The van der Waals surface area contributed by atoms with Gasteiger partial charge in [-0.05, 0) is 40.9 Å². The summed E-state index contributed by atoms with van der Waals surface area (Å²) < 4.78 is 0. The van der Waals surface area contributed by atoms with E-state index in [1.807, 2.05) is 40.7 Å². The molecule has 2 saturated carbocycles. The number of nitrogens with zero attached hydrogens (tertiary/aromatic N) is 1. The van der Waals surface area contributed by atoms with Gasteiger partial charge in [0.05, 0.1) is 12.1 Å². The lowest BCUT2D eigenvalue weighted by molar-refractivity contribution is -0.145. The second-order valence-corrected chi connectivity index (χ2v) is 14.9. The standard InChI is InChI=1S/C34H49N5O6/c1-18(2)24(26(40)20-12-10-9-11-13-20)37-32(45)38-28(33(3,4)5)31(44)39-17-21-23(34(21,6)7)25(39)29(42)36-22(16-19-14-15-19)27(41)30(43)35-8/h9-13,18-19,21-25,28H,14-17H2,1-8H3,(H,35,43)(H,36,42)(H2,37,38,45)/t21-,22?,23-,24-,25-,28+/m0/s1. The first-order valence-electron chi connectivity index (χ1n) is 16.0. The maximum atomic E-state index is 14.3. The molecule has 0 spiro atoms. The summed E-state index contributed by atoms with van der Waals surface area (Å²) in [5.74, 6) is -2.55. The Morgan fingerprint density at radius 3 is 2.11 bits per heavy atom. The van der Waals surface area contributed by atoms with Gasteiger partial charge in [0.1, 0.15) is 12.1 Å². The number of ketones is 2. The van der Waals surface area contributed by atoms with E-state index in [0.717, 1.165) is 12.8 Å². The minimum Gasteiger partial charge on any atom is -0.353 e. The third kappa shape index (κ3) is 7.39. The Bertz CT molecular complexity index is 1330. The highest BCUT2D eigenvalue weighted by Gasteiger charge is 2.70. The van der Waals surface area contributed by atoms with E-state index in [4.69, 9.17) is 0 Å². The lowest BCUT2D eigenvalue weighted by Gasteiger charge is -2.38. The number of urea groups is 1. The average Bonchev–Trinajstić information content (AvgIpc) is 3.84. The highest BCUT2D eigenvalue weighted by atomic mass is 16.2. The van der Waals surface area contributed by atoms with Crippen LogP contribution in [0.4, 0.5) is 4.79 Å². The SMILES string of the molecule is CNC(=O)C(=O)C(CC1CC1)NC(=O)[C@@H]1[C@@H]2[C@H](CN1C(=O)[C@@H](NC(=O)N[C@H](C(=O)c1ccccc1)C(C)C)C(C)(C)C)C2(C)C. The van der Waals surface area contributed by atoms with Crippen LogP contribution in [0.1, 0.15) is 78.1 Å². The van der Waals surface area contributed by atoms with Crippen LogP contribution in [0.3, 0.4) is 0 Å². The Kier molecular flexibility index (Phi) is 9.80. The molecule has 45 heavy (non-hydrogen) atoms. The van der Waals surface area contributed by atoms with E-state index in [1.54, 1.807) is 24.3 Å². The fourth-order valence-corrected chi connectivity index (χ4v) is 6.72. The number of nitrogens with one attached hydrogen (secondary N) is 4. The first-order chi connectivity index (χ1) is 21.0. The Hall–Kier alpha value is -3.76. The van der Waals surface area contributed by atoms with Crippen molar-refractivity contribution in [3.63, 3.8) is 0 Å². The summed E-state index contributed by atoms with van der Waals surface area (Å²) in [6.07, 6.45) is 2.25. The van der Waals surface area contributed by atoms with Crippen molar-refractivity contribution in [2.75, 3.05) is 13.6 Å². The van der Waals surface area contributed by atoms with E-state index >= 15 is 0 Å². The number of carbonyl (C=O) groups is 6. The first kappa shape index (κ1) is 34.1. The maximum absolute atomic E-state index is 14.3. The van der Waals surface area contributed by atoms with E-state index in [9.17, 15) is 28.8 Å². The van der Waals surface area contributed by atoms with Gasteiger partial charge in [0.25, 0.3) is 5.91 Å². The largest absolute Gasteiger partial charge is 0.353 e. The van der Waals surface area contributed by atoms with E-state index in [1.165, 1.54) is 11.9 Å². The molecule has 2 aliphatic carbocycles. The van der Waals surface area contributed by atoms with Crippen molar-refractivity contribution in [3.8, 4) is 0 Å². The maximum Gasteiger partial charge on any atom is 0.316 e. The lowest BCUT2D eigenvalue weighted by atomic mass is 9.85. The van der Waals surface area contributed by atoms with Gasteiger partial charge in [-0.1, -0.05) is 91.6 Å². The van der Waals surface area contributed by atoms with Crippen LogP contribution in [0, 0.1) is 34.5 Å². The van der Waals surface area contributed by atoms with E-state index in [0.29, 0.717) is 18.5 Å². The number of Topliss-reactive ketones (excluding diaryl/α,β-unsaturated/α-hetero) is 2. The van der Waals surface area contributed by atoms with Gasteiger partial charge in [-0.3, -0.25) is 24.0 Å². The quantitative estimate of drug-likeness (QED) is 0.207. The molecule has 6 atom stereocenters. The first-order valence-corrected chi connectivity index (χ1v) is 16.0. The topological polar surface area (TPSA) is 154 Å². The van der Waals surface area contributed by atoms with Crippen LogP contribution in [0.25, 0.3) is 0 Å². The van der Waals surface area contributed by atoms with Gasteiger partial charge < -0.3 is 26.2 Å². The molecule has 3 aliphatic rings. The van der Waals surface area contributed by atoms with Gasteiger partial charge in [-0.25, -0.2) is 4.79 Å². The monoisotopic (exact) mass is 623 g/mol. The van der Waals surface area contributed by atoms with Crippen molar-refractivity contribution in [3.05, 3.63) is 35.9 Å². The van der Waals surface area contributed by atoms with Crippen molar-refractivity contribution in [2.24, 2.45) is 34.5 Å². The number of hydrogen-bond acceptors (Lipinski definition) is 6. The molecule has 1 heterocycles. The molecule has 1 aliphatic heterocycles. The van der Waals surface area contributed by atoms with Crippen molar-refractivity contribution in [2.45, 2.75) is 91.9 Å². The van der Waals surface area contributed by atoms with Gasteiger partial charge >= 0.3 is 6.03 Å².